The number of alkyl halides is 1. The summed E-state index contributed by atoms with van der Waals surface area (Å²) in [6.07, 6.45) is 1.58. The van der Waals surface area contributed by atoms with Crippen LogP contribution in [0.5, 0.6) is 0 Å². The molecule has 2 nitrogen and oxygen atoms in total. The van der Waals surface area contributed by atoms with Crippen LogP contribution in [0.25, 0.3) is 0 Å². The summed E-state index contributed by atoms with van der Waals surface area (Å²) >= 11 is 5.66. The molecule has 64 valence electrons. The maximum Gasteiger partial charge on any atom is 0.161 e. The highest BCUT2D eigenvalue weighted by Crippen LogP contribution is 2.10. The summed E-state index contributed by atoms with van der Waals surface area (Å²) in [7, 11) is 0. The lowest BCUT2D eigenvalue weighted by Crippen LogP contribution is -1.97. The van der Waals surface area contributed by atoms with Gasteiger partial charge in [0.2, 0.25) is 0 Å². The Kier molecular flexibility index (Phi) is 2.82. The quantitative estimate of drug-likeness (QED) is 0.521. The number of aromatic nitrogens is 1. The number of nitrogens with zero attached hydrogens (tertiary/aromatic N) is 1. The number of hydrogen-bond donors (Lipinski definition) is 0. The standard InChI is InChI=1S/C9H10ClNO/c1-6-8(4-10)3-9(5-11-6)7(2)12/h3,5H,4H2,1-2H3. The topological polar surface area (TPSA) is 30.0 Å². The molecule has 0 aliphatic rings. The van der Waals surface area contributed by atoms with Gasteiger partial charge in [0.1, 0.15) is 0 Å². The zero-order valence-corrected chi connectivity index (χ0v) is 7.85. The molecule has 0 spiro atoms. The van der Waals surface area contributed by atoms with Gasteiger partial charge in [0.05, 0.1) is 0 Å². The molecule has 1 heterocycles. The highest BCUT2D eigenvalue weighted by Gasteiger charge is 2.03. The Morgan fingerprint density at radius 3 is 2.83 bits per heavy atom. The molecule has 0 amide bonds. The number of rotatable bonds is 2. The van der Waals surface area contributed by atoms with E-state index >= 15 is 0 Å². The third-order valence-corrected chi connectivity index (χ3v) is 2.03. The van der Waals surface area contributed by atoms with Crippen LogP contribution in [-0.2, 0) is 5.88 Å². The fraction of sp³-hybridized carbons (Fsp3) is 0.333. The number of ketones is 1. The molecule has 0 fully saturated rings. The zero-order valence-electron chi connectivity index (χ0n) is 7.10. The second kappa shape index (κ2) is 3.68. The Hall–Kier alpha value is -0.890. The fourth-order valence-corrected chi connectivity index (χ4v) is 1.18. The van der Waals surface area contributed by atoms with E-state index < -0.39 is 0 Å². The minimum Gasteiger partial charge on any atom is -0.294 e. The Bertz CT molecular complexity index is 309. The molecule has 12 heavy (non-hydrogen) atoms. The van der Waals surface area contributed by atoms with Crippen LogP contribution in [0.4, 0.5) is 0 Å². The van der Waals surface area contributed by atoms with Crippen LogP contribution in [-0.4, -0.2) is 10.8 Å². The third-order valence-electron chi connectivity index (χ3n) is 1.74. The lowest BCUT2D eigenvalue weighted by molar-refractivity contribution is 0.101. The highest BCUT2D eigenvalue weighted by molar-refractivity contribution is 6.17. The van der Waals surface area contributed by atoms with Crippen molar-refractivity contribution in [2.75, 3.05) is 0 Å². The summed E-state index contributed by atoms with van der Waals surface area (Å²) in [6, 6.07) is 1.79. The van der Waals surface area contributed by atoms with Crippen molar-refractivity contribution in [2.45, 2.75) is 19.7 Å². The fourth-order valence-electron chi connectivity index (χ4n) is 0.907. The van der Waals surface area contributed by atoms with E-state index in [-0.39, 0.29) is 5.78 Å². The summed E-state index contributed by atoms with van der Waals surface area (Å²) in [5.41, 5.74) is 2.43. The van der Waals surface area contributed by atoms with Gasteiger partial charge in [-0.05, 0) is 25.5 Å². The first kappa shape index (κ1) is 9.20. The first-order valence-electron chi connectivity index (χ1n) is 3.67. The maximum atomic E-state index is 10.9. The van der Waals surface area contributed by atoms with E-state index in [1.54, 1.807) is 12.3 Å². The second-order valence-corrected chi connectivity index (χ2v) is 2.93. The Morgan fingerprint density at radius 2 is 2.33 bits per heavy atom. The molecule has 1 aromatic rings. The summed E-state index contributed by atoms with van der Waals surface area (Å²) in [4.78, 5) is 15.0. The van der Waals surface area contributed by atoms with Crippen molar-refractivity contribution >= 4 is 17.4 Å². The number of halogens is 1. The number of Topliss-reactive ketones (excluding diaryl/α,β-unsaturated/α-hetero) is 1. The average Bonchev–Trinajstić information content (AvgIpc) is 2.05. The molecule has 0 saturated heterocycles. The molecule has 0 aliphatic carbocycles. The van der Waals surface area contributed by atoms with Crippen LogP contribution >= 0.6 is 11.6 Å². The number of pyridine rings is 1. The predicted molar refractivity (Wildman–Crippen MR) is 48.5 cm³/mol. The van der Waals surface area contributed by atoms with Crippen LogP contribution in [0.2, 0.25) is 0 Å². The molecule has 0 aromatic carbocycles. The van der Waals surface area contributed by atoms with Crippen LogP contribution in [0, 0.1) is 6.92 Å². The monoisotopic (exact) mass is 183 g/mol. The summed E-state index contributed by atoms with van der Waals surface area (Å²) in [6.45, 7) is 3.39. The molecule has 0 aliphatic heterocycles. The number of hydrogen-bond acceptors (Lipinski definition) is 2. The van der Waals surface area contributed by atoms with Gasteiger partial charge in [0.25, 0.3) is 0 Å². The van der Waals surface area contributed by atoms with E-state index in [0.29, 0.717) is 11.4 Å². The van der Waals surface area contributed by atoms with Crippen LogP contribution in [0.15, 0.2) is 12.3 Å². The van der Waals surface area contributed by atoms with Crippen molar-refractivity contribution in [3.63, 3.8) is 0 Å². The Labute approximate surface area is 76.6 Å². The first-order valence-corrected chi connectivity index (χ1v) is 4.21. The molecular formula is C9H10ClNO. The van der Waals surface area contributed by atoms with Crippen LogP contribution in [0.1, 0.15) is 28.5 Å². The average molecular weight is 184 g/mol. The van der Waals surface area contributed by atoms with Crippen LogP contribution < -0.4 is 0 Å². The number of carbonyl (C=O) groups is 1. The highest BCUT2D eigenvalue weighted by atomic mass is 35.5. The molecular weight excluding hydrogens is 174 g/mol. The number of carbonyl (C=O) groups excluding carboxylic acids is 1. The van der Waals surface area contributed by atoms with Gasteiger partial charge < -0.3 is 0 Å². The van der Waals surface area contributed by atoms with E-state index in [0.717, 1.165) is 11.3 Å². The molecule has 0 bridgehead atoms. The van der Waals surface area contributed by atoms with E-state index in [1.165, 1.54) is 6.92 Å². The van der Waals surface area contributed by atoms with Crippen molar-refractivity contribution in [2.24, 2.45) is 0 Å². The summed E-state index contributed by atoms with van der Waals surface area (Å²) in [5.74, 6) is 0.425. The normalized spacial score (nSPS) is 9.92. The van der Waals surface area contributed by atoms with E-state index in [9.17, 15) is 4.79 Å². The molecule has 3 heteroatoms. The van der Waals surface area contributed by atoms with Gasteiger partial charge in [-0.3, -0.25) is 9.78 Å². The van der Waals surface area contributed by atoms with Gasteiger partial charge in [-0.25, -0.2) is 0 Å². The molecule has 1 aromatic heterocycles. The summed E-state index contributed by atoms with van der Waals surface area (Å²) in [5, 5.41) is 0. The van der Waals surface area contributed by atoms with Gasteiger partial charge >= 0.3 is 0 Å². The minimum absolute atomic E-state index is 0.0221. The molecule has 0 atom stereocenters. The van der Waals surface area contributed by atoms with Crippen LogP contribution in [0.3, 0.4) is 0 Å². The third kappa shape index (κ3) is 1.83. The van der Waals surface area contributed by atoms with Gasteiger partial charge in [-0.1, -0.05) is 0 Å². The van der Waals surface area contributed by atoms with Gasteiger partial charge in [-0.2, -0.15) is 0 Å². The molecule has 0 N–H and O–H groups in total. The number of aryl methyl sites for hydroxylation is 1. The van der Waals surface area contributed by atoms with Crippen molar-refractivity contribution in [3.05, 3.63) is 29.1 Å². The van der Waals surface area contributed by atoms with Crippen molar-refractivity contribution in [1.29, 1.82) is 0 Å². The SMILES string of the molecule is CC(=O)c1cnc(C)c(CCl)c1. The zero-order chi connectivity index (χ0) is 9.14. The van der Waals surface area contributed by atoms with Crippen molar-refractivity contribution in [3.8, 4) is 0 Å². The molecule has 0 unspecified atom stereocenters. The lowest BCUT2D eigenvalue weighted by atomic mass is 10.1. The van der Waals surface area contributed by atoms with E-state index in [4.69, 9.17) is 11.6 Å². The molecule has 0 radical (unpaired) electrons. The molecule has 0 saturated carbocycles. The van der Waals surface area contributed by atoms with Gasteiger partial charge in [0, 0.05) is 23.3 Å². The largest absolute Gasteiger partial charge is 0.294 e. The first-order chi connectivity index (χ1) is 5.65. The Morgan fingerprint density at radius 1 is 1.67 bits per heavy atom. The van der Waals surface area contributed by atoms with Gasteiger partial charge in [-0.15, -0.1) is 11.6 Å². The summed E-state index contributed by atoms with van der Waals surface area (Å²) < 4.78 is 0. The van der Waals surface area contributed by atoms with Gasteiger partial charge in [0.15, 0.2) is 5.78 Å². The van der Waals surface area contributed by atoms with E-state index in [2.05, 4.69) is 4.98 Å². The maximum absolute atomic E-state index is 10.9. The minimum atomic E-state index is 0.0221. The van der Waals surface area contributed by atoms with E-state index in [1.807, 2.05) is 6.92 Å². The second-order valence-electron chi connectivity index (χ2n) is 2.66. The van der Waals surface area contributed by atoms with Crippen molar-refractivity contribution < 1.29 is 4.79 Å². The Balaban J connectivity index is 3.13. The predicted octanol–water partition coefficient (Wildman–Crippen LogP) is 2.33. The lowest BCUT2D eigenvalue weighted by Gasteiger charge is -2.01. The molecule has 1 rings (SSSR count). The smallest absolute Gasteiger partial charge is 0.161 e. The van der Waals surface area contributed by atoms with Crippen molar-refractivity contribution in [1.82, 2.24) is 4.98 Å².